The summed E-state index contributed by atoms with van der Waals surface area (Å²) in [5.74, 6) is 0. The van der Waals surface area contributed by atoms with Gasteiger partial charge < -0.3 is 10.2 Å². The number of carbonyl (C=O) groups excluding carboxylic acids is 1. The van der Waals surface area contributed by atoms with Crippen LogP contribution in [0.3, 0.4) is 0 Å². The first-order valence-corrected chi connectivity index (χ1v) is 5.94. The van der Waals surface area contributed by atoms with E-state index in [1.165, 1.54) is 9.80 Å². The van der Waals surface area contributed by atoms with E-state index in [4.69, 9.17) is 0 Å². The van der Waals surface area contributed by atoms with Crippen LogP contribution in [0.2, 0.25) is 0 Å². The maximum atomic E-state index is 11.3. The largest absolute Gasteiger partial charge is 0.334 e. The van der Waals surface area contributed by atoms with Gasteiger partial charge >= 0.3 is 6.03 Å². The first-order chi connectivity index (χ1) is 7.15. The van der Waals surface area contributed by atoms with E-state index in [-0.39, 0.29) is 6.03 Å². The number of carbonyl (C=O) groups is 1. The number of nitrogens with one attached hydrogen (secondary N) is 1. The molecule has 1 rings (SSSR count). The molecule has 0 spiro atoms. The number of amides is 2. The van der Waals surface area contributed by atoms with Gasteiger partial charge in [0.25, 0.3) is 0 Å². The number of hydrogen-bond acceptors (Lipinski definition) is 2. The fourth-order valence-corrected chi connectivity index (χ4v) is 1.80. The molecule has 0 saturated heterocycles. The molecule has 0 heterocycles. The number of thioether (sulfide) groups is 1. The summed E-state index contributed by atoms with van der Waals surface area (Å²) >= 11 is 1.69. The molecule has 82 valence electrons. The molecule has 3 nitrogen and oxygen atoms in total. The third-order valence-electron chi connectivity index (χ3n) is 2.03. The minimum atomic E-state index is -0.0640. The van der Waals surface area contributed by atoms with Gasteiger partial charge in [0, 0.05) is 25.5 Å². The van der Waals surface area contributed by atoms with E-state index in [0.717, 1.165) is 5.56 Å². The van der Waals surface area contributed by atoms with Crippen LogP contribution in [0.15, 0.2) is 29.2 Å². The molecule has 0 aliphatic carbocycles. The van der Waals surface area contributed by atoms with Crippen molar-refractivity contribution in [2.45, 2.75) is 11.4 Å². The van der Waals surface area contributed by atoms with Gasteiger partial charge in [-0.25, -0.2) is 4.79 Å². The van der Waals surface area contributed by atoms with Gasteiger partial charge in [-0.15, -0.1) is 11.8 Å². The van der Waals surface area contributed by atoms with Gasteiger partial charge in [0.1, 0.15) is 0 Å². The van der Waals surface area contributed by atoms with E-state index >= 15 is 0 Å². The molecule has 2 amide bonds. The van der Waals surface area contributed by atoms with E-state index in [2.05, 4.69) is 11.4 Å². The van der Waals surface area contributed by atoms with Crippen LogP contribution in [0.5, 0.6) is 0 Å². The second-order valence-corrected chi connectivity index (χ2v) is 4.21. The summed E-state index contributed by atoms with van der Waals surface area (Å²) in [6, 6.07) is 8.01. The summed E-state index contributed by atoms with van der Waals surface area (Å²) in [5, 5.41) is 2.85. The van der Waals surface area contributed by atoms with E-state index in [0.29, 0.717) is 6.54 Å². The molecule has 15 heavy (non-hydrogen) atoms. The van der Waals surface area contributed by atoms with Crippen LogP contribution in [-0.4, -0.2) is 31.3 Å². The molecule has 1 aromatic rings. The van der Waals surface area contributed by atoms with Crippen molar-refractivity contribution >= 4 is 17.8 Å². The molecular formula is C11H16N2OS. The molecule has 0 aliphatic heterocycles. The molecule has 0 unspecified atom stereocenters. The van der Waals surface area contributed by atoms with E-state index in [9.17, 15) is 4.79 Å². The van der Waals surface area contributed by atoms with E-state index in [1.54, 1.807) is 25.9 Å². The van der Waals surface area contributed by atoms with Gasteiger partial charge in [0.2, 0.25) is 0 Å². The fourth-order valence-electron chi connectivity index (χ4n) is 1.18. The average molecular weight is 224 g/mol. The molecule has 1 N–H and O–H groups in total. The highest BCUT2D eigenvalue weighted by atomic mass is 32.2. The third kappa shape index (κ3) is 3.47. The average Bonchev–Trinajstić information content (AvgIpc) is 2.26. The van der Waals surface area contributed by atoms with Crippen molar-refractivity contribution in [3.8, 4) is 0 Å². The Bertz CT molecular complexity index is 339. The monoisotopic (exact) mass is 224 g/mol. The number of hydrogen-bond donors (Lipinski definition) is 1. The van der Waals surface area contributed by atoms with Gasteiger partial charge in [-0.05, 0) is 17.9 Å². The zero-order chi connectivity index (χ0) is 11.3. The molecule has 0 atom stereocenters. The van der Waals surface area contributed by atoms with Crippen LogP contribution in [0.25, 0.3) is 0 Å². The molecule has 0 saturated carbocycles. The van der Waals surface area contributed by atoms with Crippen LogP contribution in [-0.2, 0) is 6.54 Å². The minimum Gasteiger partial charge on any atom is -0.334 e. The predicted molar refractivity (Wildman–Crippen MR) is 64.1 cm³/mol. The lowest BCUT2D eigenvalue weighted by Gasteiger charge is -2.13. The molecule has 1 aromatic carbocycles. The summed E-state index contributed by atoms with van der Waals surface area (Å²) in [5.41, 5.74) is 1.15. The van der Waals surface area contributed by atoms with Crippen molar-refractivity contribution in [2.24, 2.45) is 0 Å². The Labute approximate surface area is 94.9 Å². The van der Waals surface area contributed by atoms with Crippen molar-refractivity contribution in [3.63, 3.8) is 0 Å². The van der Waals surface area contributed by atoms with Crippen molar-refractivity contribution in [3.05, 3.63) is 29.8 Å². The zero-order valence-corrected chi connectivity index (χ0v) is 10.1. The fraction of sp³-hybridized carbons (Fsp3) is 0.364. The Morgan fingerprint density at radius 1 is 1.40 bits per heavy atom. The number of nitrogens with zero attached hydrogens (tertiary/aromatic N) is 1. The number of rotatable bonds is 3. The van der Waals surface area contributed by atoms with E-state index in [1.807, 2.05) is 24.5 Å². The van der Waals surface area contributed by atoms with Crippen LogP contribution in [0.1, 0.15) is 5.56 Å². The highest BCUT2D eigenvalue weighted by Gasteiger charge is 2.04. The topological polar surface area (TPSA) is 32.3 Å². The first kappa shape index (κ1) is 11.9. The smallest absolute Gasteiger partial charge is 0.317 e. The standard InChI is InChI=1S/C11H16N2OS/c1-13(2)11(14)12-8-9-6-4-5-7-10(9)15-3/h4-7H,8H2,1-3H3,(H,12,14). The van der Waals surface area contributed by atoms with Crippen molar-refractivity contribution in [1.82, 2.24) is 10.2 Å². The predicted octanol–water partition coefficient (Wildman–Crippen LogP) is 2.18. The van der Waals surface area contributed by atoms with Crippen molar-refractivity contribution in [2.75, 3.05) is 20.4 Å². The lowest BCUT2D eigenvalue weighted by molar-refractivity contribution is 0.217. The Morgan fingerprint density at radius 3 is 2.67 bits per heavy atom. The Kier molecular flexibility index (Phi) is 4.49. The normalized spacial score (nSPS) is 9.80. The van der Waals surface area contributed by atoms with Gasteiger partial charge in [0.15, 0.2) is 0 Å². The third-order valence-corrected chi connectivity index (χ3v) is 2.87. The maximum absolute atomic E-state index is 11.3. The molecule has 0 fully saturated rings. The summed E-state index contributed by atoms with van der Waals surface area (Å²) in [6.45, 7) is 0.577. The number of benzene rings is 1. The van der Waals surface area contributed by atoms with Crippen molar-refractivity contribution < 1.29 is 4.79 Å². The molecule has 4 heteroatoms. The quantitative estimate of drug-likeness (QED) is 0.798. The van der Waals surface area contributed by atoms with Gasteiger partial charge in [-0.2, -0.15) is 0 Å². The van der Waals surface area contributed by atoms with Crippen LogP contribution >= 0.6 is 11.8 Å². The van der Waals surface area contributed by atoms with Gasteiger partial charge in [-0.1, -0.05) is 18.2 Å². The Hall–Kier alpha value is -1.16. The molecule has 0 aliphatic rings. The Balaban J connectivity index is 2.61. The highest BCUT2D eigenvalue weighted by molar-refractivity contribution is 7.98. The van der Waals surface area contributed by atoms with Crippen LogP contribution in [0.4, 0.5) is 4.79 Å². The molecule has 0 bridgehead atoms. The highest BCUT2D eigenvalue weighted by Crippen LogP contribution is 2.19. The van der Waals surface area contributed by atoms with Gasteiger partial charge in [0.05, 0.1) is 0 Å². The molecular weight excluding hydrogens is 208 g/mol. The zero-order valence-electron chi connectivity index (χ0n) is 9.28. The number of urea groups is 1. The summed E-state index contributed by atoms with van der Waals surface area (Å²) < 4.78 is 0. The first-order valence-electron chi connectivity index (χ1n) is 4.72. The van der Waals surface area contributed by atoms with Crippen molar-refractivity contribution in [1.29, 1.82) is 0 Å². The summed E-state index contributed by atoms with van der Waals surface area (Å²) in [7, 11) is 3.46. The second-order valence-electron chi connectivity index (χ2n) is 3.36. The minimum absolute atomic E-state index is 0.0640. The van der Waals surface area contributed by atoms with E-state index < -0.39 is 0 Å². The summed E-state index contributed by atoms with van der Waals surface area (Å²) in [6.07, 6.45) is 2.03. The summed E-state index contributed by atoms with van der Waals surface area (Å²) in [4.78, 5) is 14.1. The van der Waals surface area contributed by atoms with Gasteiger partial charge in [-0.3, -0.25) is 0 Å². The van der Waals surface area contributed by atoms with Crippen LogP contribution in [0, 0.1) is 0 Å². The maximum Gasteiger partial charge on any atom is 0.317 e. The lowest BCUT2D eigenvalue weighted by atomic mass is 10.2. The SMILES string of the molecule is CSc1ccccc1CNC(=O)N(C)C. The van der Waals surface area contributed by atoms with Crippen LogP contribution < -0.4 is 5.32 Å². The molecule has 0 aromatic heterocycles. The lowest BCUT2D eigenvalue weighted by Crippen LogP contribution is -2.34. The Morgan fingerprint density at radius 2 is 2.07 bits per heavy atom. The molecule has 0 radical (unpaired) electrons. The second kappa shape index (κ2) is 5.66.